The van der Waals surface area contributed by atoms with Gasteiger partial charge >= 0.3 is 0 Å². The molecule has 3 heterocycles. The normalized spacial score (nSPS) is 15.8. The molecule has 0 aromatic carbocycles. The highest BCUT2D eigenvalue weighted by molar-refractivity contribution is 7.90. The molecule has 0 radical (unpaired) electrons. The molecule has 0 amide bonds. The first-order valence-electron chi connectivity index (χ1n) is 7.12. The lowest BCUT2D eigenvalue weighted by molar-refractivity contribution is 0.241. The number of aryl methyl sites for hydroxylation is 2. The summed E-state index contributed by atoms with van der Waals surface area (Å²) < 4.78 is 23.0. The van der Waals surface area contributed by atoms with Crippen molar-refractivity contribution in [3.05, 3.63) is 34.4 Å². The molecule has 1 aliphatic heterocycles. The van der Waals surface area contributed by atoms with Crippen LogP contribution in [0.1, 0.15) is 28.2 Å². The average Bonchev–Trinajstić information content (AvgIpc) is 2.77. The quantitative estimate of drug-likeness (QED) is 0.840. The first-order chi connectivity index (χ1) is 10.3. The van der Waals surface area contributed by atoms with Crippen molar-refractivity contribution >= 4 is 9.84 Å². The van der Waals surface area contributed by atoms with Crippen LogP contribution in [0.25, 0.3) is 0 Å². The summed E-state index contributed by atoms with van der Waals surface area (Å²) in [5.74, 6) is 0. The summed E-state index contributed by atoms with van der Waals surface area (Å²) in [6.07, 6.45) is 3.50. The number of aromatic amines is 1. The van der Waals surface area contributed by atoms with Crippen molar-refractivity contribution in [1.29, 1.82) is 0 Å². The maximum Gasteiger partial charge on any atom is 0.246 e. The van der Waals surface area contributed by atoms with Gasteiger partial charge in [-0.3, -0.25) is 10.00 Å². The van der Waals surface area contributed by atoms with E-state index in [0.29, 0.717) is 0 Å². The maximum atomic E-state index is 11.5. The summed E-state index contributed by atoms with van der Waals surface area (Å²) >= 11 is 0. The molecule has 2 aromatic rings. The van der Waals surface area contributed by atoms with Crippen LogP contribution in [0.15, 0.2) is 11.4 Å². The molecule has 1 N–H and O–H groups in total. The van der Waals surface area contributed by atoms with Gasteiger partial charge < -0.3 is 0 Å². The Balaban J connectivity index is 1.80. The number of hydrogen-bond donors (Lipinski definition) is 1. The van der Waals surface area contributed by atoms with Crippen LogP contribution in [0, 0.1) is 13.8 Å². The minimum absolute atomic E-state index is 0.0822. The van der Waals surface area contributed by atoms with Crippen LogP contribution in [-0.4, -0.2) is 46.3 Å². The summed E-state index contributed by atoms with van der Waals surface area (Å²) in [5, 5.41) is 7.14. The Morgan fingerprint density at radius 2 is 2.14 bits per heavy atom. The van der Waals surface area contributed by atoms with Crippen molar-refractivity contribution in [2.45, 2.75) is 38.5 Å². The lowest BCUT2D eigenvalue weighted by Gasteiger charge is -2.28. The number of aromatic nitrogens is 4. The molecule has 0 unspecified atom stereocenters. The number of fused-ring (bicyclic) bond motifs is 1. The third kappa shape index (κ3) is 2.89. The second-order valence-electron chi connectivity index (χ2n) is 5.77. The van der Waals surface area contributed by atoms with Gasteiger partial charge in [-0.2, -0.15) is 5.10 Å². The number of rotatable bonds is 3. The van der Waals surface area contributed by atoms with Gasteiger partial charge in [0.05, 0.1) is 11.4 Å². The molecule has 0 saturated heterocycles. The lowest BCUT2D eigenvalue weighted by atomic mass is 10.1. The maximum absolute atomic E-state index is 11.5. The van der Waals surface area contributed by atoms with E-state index in [4.69, 9.17) is 0 Å². The topological polar surface area (TPSA) is 91.8 Å². The van der Waals surface area contributed by atoms with Crippen LogP contribution in [0.3, 0.4) is 0 Å². The summed E-state index contributed by atoms with van der Waals surface area (Å²) in [4.78, 5) is 10.5. The smallest absolute Gasteiger partial charge is 0.246 e. The van der Waals surface area contributed by atoms with E-state index in [1.54, 1.807) is 6.20 Å². The van der Waals surface area contributed by atoms with Gasteiger partial charge in [0.25, 0.3) is 0 Å². The van der Waals surface area contributed by atoms with E-state index in [2.05, 4.69) is 25.1 Å². The van der Waals surface area contributed by atoms with Crippen LogP contribution in [-0.2, 0) is 29.3 Å². The van der Waals surface area contributed by atoms with Gasteiger partial charge in [0.15, 0.2) is 0 Å². The van der Waals surface area contributed by atoms with Crippen molar-refractivity contribution in [1.82, 2.24) is 25.1 Å². The van der Waals surface area contributed by atoms with Crippen LogP contribution >= 0.6 is 0 Å². The number of nitrogens with zero attached hydrogens (tertiary/aromatic N) is 4. The predicted octanol–water partition coefficient (Wildman–Crippen LogP) is 0.778. The Kier molecular flexibility index (Phi) is 3.73. The number of sulfone groups is 1. The Hall–Kier alpha value is -1.80. The minimum atomic E-state index is -3.35. The summed E-state index contributed by atoms with van der Waals surface area (Å²) in [6, 6.07) is 0. The standard InChI is InChI=1S/C14H19N5O2S/c1-9-12(10(2)18-17-9)8-19-5-4-13-11(7-19)6-15-14(16-13)22(3,20)21/h6H,4-5,7-8H2,1-3H3,(H,17,18). The van der Waals surface area contributed by atoms with Gasteiger partial charge in [0.2, 0.25) is 15.0 Å². The number of nitrogens with one attached hydrogen (secondary N) is 1. The van der Waals surface area contributed by atoms with Crippen molar-refractivity contribution in [3.63, 3.8) is 0 Å². The SMILES string of the molecule is Cc1n[nH]c(C)c1CN1CCc2nc(S(C)(=O)=O)ncc2C1. The summed E-state index contributed by atoms with van der Waals surface area (Å²) in [5.41, 5.74) is 5.17. The molecule has 3 rings (SSSR count). The zero-order valence-electron chi connectivity index (χ0n) is 12.9. The van der Waals surface area contributed by atoms with Crippen molar-refractivity contribution < 1.29 is 8.42 Å². The van der Waals surface area contributed by atoms with Gasteiger partial charge in [0, 0.05) is 55.3 Å². The Morgan fingerprint density at radius 1 is 1.36 bits per heavy atom. The van der Waals surface area contributed by atoms with E-state index in [0.717, 1.165) is 55.0 Å². The Bertz CT molecular complexity index is 793. The van der Waals surface area contributed by atoms with Crippen LogP contribution in [0.4, 0.5) is 0 Å². The fourth-order valence-electron chi connectivity index (χ4n) is 2.70. The molecule has 0 fully saturated rings. The van der Waals surface area contributed by atoms with Gasteiger partial charge in [-0.05, 0) is 13.8 Å². The summed E-state index contributed by atoms with van der Waals surface area (Å²) in [6.45, 7) is 6.41. The molecule has 118 valence electrons. The molecule has 0 aliphatic carbocycles. The predicted molar refractivity (Wildman–Crippen MR) is 81.0 cm³/mol. The van der Waals surface area contributed by atoms with Crippen molar-refractivity contribution in [2.24, 2.45) is 0 Å². The molecular formula is C14H19N5O2S. The van der Waals surface area contributed by atoms with E-state index in [9.17, 15) is 8.42 Å². The van der Waals surface area contributed by atoms with Gasteiger partial charge in [-0.15, -0.1) is 0 Å². The second kappa shape index (κ2) is 5.44. The highest BCUT2D eigenvalue weighted by atomic mass is 32.2. The largest absolute Gasteiger partial charge is 0.294 e. The third-order valence-electron chi connectivity index (χ3n) is 3.98. The Morgan fingerprint density at radius 3 is 2.77 bits per heavy atom. The van der Waals surface area contributed by atoms with Gasteiger partial charge in [-0.25, -0.2) is 18.4 Å². The van der Waals surface area contributed by atoms with Gasteiger partial charge in [0.1, 0.15) is 0 Å². The molecule has 0 spiro atoms. The molecule has 0 bridgehead atoms. The van der Waals surface area contributed by atoms with Gasteiger partial charge in [-0.1, -0.05) is 0 Å². The number of H-pyrrole nitrogens is 1. The van der Waals surface area contributed by atoms with E-state index in [-0.39, 0.29) is 5.16 Å². The zero-order chi connectivity index (χ0) is 15.9. The molecule has 0 atom stereocenters. The molecule has 0 saturated carbocycles. The highest BCUT2D eigenvalue weighted by Gasteiger charge is 2.22. The van der Waals surface area contributed by atoms with Crippen LogP contribution in [0.5, 0.6) is 0 Å². The van der Waals surface area contributed by atoms with Crippen LogP contribution < -0.4 is 0 Å². The fraction of sp³-hybridized carbons (Fsp3) is 0.500. The minimum Gasteiger partial charge on any atom is -0.294 e. The van der Waals surface area contributed by atoms with Crippen LogP contribution in [0.2, 0.25) is 0 Å². The molecule has 1 aliphatic rings. The lowest BCUT2D eigenvalue weighted by Crippen LogP contribution is -2.31. The van der Waals surface area contributed by atoms with E-state index < -0.39 is 9.84 Å². The monoisotopic (exact) mass is 321 g/mol. The highest BCUT2D eigenvalue weighted by Crippen LogP contribution is 2.21. The Labute approximate surface area is 129 Å². The molecule has 8 heteroatoms. The molecule has 2 aromatic heterocycles. The van der Waals surface area contributed by atoms with Crippen molar-refractivity contribution in [3.8, 4) is 0 Å². The zero-order valence-corrected chi connectivity index (χ0v) is 13.7. The van der Waals surface area contributed by atoms with E-state index >= 15 is 0 Å². The molecule has 22 heavy (non-hydrogen) atoms. The van der Waals surface area contributed by atoms with Crippen molar-refractivity contribution in [2.75, 3.05) is 12.8 Å². The third-order valence-corrected chi connectivity index (χ3v) is 4.84. The fourth-order valence-corrected chi connectivity index (χ4v) is 3.22. The first kappa shape index (κ1) is 15.1. The number of hydrogen-bond acceptors (Lipinski definition) is 6. The molecule has 7 nitrogen and oxygen atoms in total. The molecular weight excluding hydrogens is 302 g/mol. The summed E-state index contributed by atoms with van der Waals surface area (Å²) in [7, 11) is -3.35. The average molecular weight is 321 g/mol. The van der Waals surface area contributed by atoms with E-state index in [1.807, 2.05) is 13.8 Å². The van der Waals surface area contributed by atoms with E-state index in [1.165, 1.54) is 5.56 Å². The second-order valence-corrected chi connectivity index (χ2v) is 7.68. The first-order valence-corrected chi connectivity index (χ1v) is 9.01.